The number of rotatable bonds is 5. The second-order valence-corrected chi connectivity index (χ2v) is 9.70. The van der Waals surface area contributed by atoms with Gasteiger partial charge in [-0.2, -0.15) is 0 Å². The maximum Gasteiger partial charge on any atom is 0.225 e. The summed E-state index contributed by atoms with van der Waals surface area (Å²) in [6.07, 6.45) is 7.10. The molecule has 6 rings (SSSR count). The molecular weight excluding hydrogens is 372 g/mol. The molecular formula is C26H30N2O2. The van der Waals surface area contributed by atoms with Crippen molar-refractivity contribution in [2.45, 2.75) is 50.9 Å². The number of hydrogen-bond donors (Lipinski definition) is 2. The van der Waals surface area contributed by atoms with E-state index in [1.165, 1.54) is 37.7 Å². The molecule has 0 aliphatic heterocycles. The first-order chi connectivity index (χ1) is 14.6. The molecule has 0 aromatic heterocycles. The lowest BCUT2D eigenvalue weighted by atomic mass is 9.43. The van der Waals surface area contributed by atoms with Crippen molar-refractivity contribution >= 4 is 17.3 Å². The van der Waals surface area contributed by atoms with Crippen LogP contribution in [0.2, 0.25) is 0 Å². The van der Waals surface area contributed by atoms with Crippen LogP contribution >= 0.6 is 0 Å². The molecule has 30 heavy (non-hydrogen) atoms. The largest absolute Gasteiger partial charge is 0.411 e. The Morgan fingerprint density at radius 2 is 1.57 bits per heavy atom. The van der Waals surface area contributed by atoms with Crippen molar-refractivity contribution in [3.05, 3.63) is 65.7 Å². The highest BCUT2D eigenvalue weighted by molar-refractivity contribution is 5.99. The minimum Gasteiger partial charge on any atom is -0.411 e. The first kappa shape index (κ1) is 19.3. The van der Waals surface area contributed by atoms with Gasteiger partial charge in [0.25, 0.3) is 0 Å². The average molecular weight is 403 g/mol. The second kappa shape index (κ2) is 7.57. The van der Waals surface area contributed by atoms with Gasteiger partial charge >= 0.3 is 0 Å². The van der Waals surface area contributed by atoms with E-state index in [0.29, 0.717) is 24.0 Å². The summed E-state index contributed by atoms with van der Waals surface area (Å²) in [5.74, 6) is 3.08. The zero-order valence-corrected chi connectivity index (χ0v) is 17.6. The van der Waals surface area contributed by atoms with E-state index in [2.05, 4.69) is 40.8 Å². The van der Waals surface area contributed by atoms with Gasteiger partial charge in [0.05, 0.1) is 5.71 Å². The lowest BCUT2D eigenvalue weighted by molar-refractivity contribution is -0.124. The lowest BCUT2D eigenvalue weighted by Crippen LogP contribution is -2.56. The van der Waals surface area contributed by atoms with Crippen molar-refractivity contribution < 1.29 is 10.0 Å². The monoisotopic (exact) mass is 402 g/mol. The fourth-order valence-electron chi connectivity index (χ4n) is 6.96. The van der Waals surface area contributed by atoms with E-state index in [-0.39, 0.29) is 11.3 Å². The standard InChI is InChI=1S/C26H30N2O2/c1-17(28-30)20-7-9-24(10-8-20)27-25(29)16-26(21-5-3-2-4-6-21)22-12-18-11-19(14-22)15-23(26)13-18/h2-10,18-19,22-23,30H,11-16H2,1H3,(H,27,29)/b28-17+. The third-order valence-corrected chi connectivity index (χ3v) is 8.10. The van der Waals surface area contributed by atoms with E-state index >= 15 is 0 Å². The van der Waals surface area contributed by atoms with Crippen LogP contribution in [0.1, 0.15) is 56.6 Å². The molecule has 4 nitrogen and oxygen atoms in total. The van der Waals surface area contributed by atoms with Crippen LogP contribution < -0.4 is 5.32 Å². The summed E-state index contributed by atoms with van der Waals surface area (Å²) in [4.78, 5) is 13.3. The Morgan fingerprint density at radius 1 is 0.967 bits per heavy atom. The van der Waals surface area contributed by atoms with Crippen molar-refractivity contribution in [1.29, 1.82) is 0 Å². The Labute approximate surface area is 178 Å². The van der Waals surface area contributed by atoms with Gasteiger partial charge in [-0.15, -0.1) is 0 Å². The third-order valence-electron chi connectivity index (χ3n) is 8.10. The summed E-state index contributed by atoms with van der Waals surface area (Å²) in [5, 5.41) is 15.3. The fourth-order valence-corrected chi connectivity index (χ4v) is 6.96. The summed E-state index contributed by atoms with van der Waals surface area (Å²) in [6.45, 7) is 1.75. The number of carbonyl (C=O) groups excluding carboxylic acids is 1. The predicted molar refractivity (Wildman–Crippen MR) is 119 cm³/mol. The smallest absolute Gasteiger partial charge is 0.225 e. The molecule has 4 aliphatic rings. The normalized spacial score (nSPS) is 32.2. The minimum atomic E-state index is -0.0289. The molecule has 0 atom stereocenters. The van der Waals surface area contributed by atoms with Gasteiger partial charge < -0.3 is 10.5 Å². The number of nitrogens with one attached hydrogen (secondary N) is 1. The maximum atomic E-state index is 13.3. The molecule has 0 radical (unpaired) electrons. The fraction of sp³-hybridized carbons (Fsp3) is 0.462. The Morgan fingerprint density at radius 3 is 2.13 bits per heavy atom. The number of benzene rings is 2. The molecule has 4 saturated carbocycles. The van der Waals surface area contributed by atoms with Gasteiger partial charge in [-0.1, -0.05) is 47.6 Å². The van der Waals surface area contributed by atoms with Crippen molar-refractivity contribution in [3.63, 3.8) is 0 Å². The molecule has 0 unspecified atom stereocenters. The van der Waals surface area contributed by atoms with Crippen molar-refractivity contribution in [3.8, 4) is 0 Å². The van der Waals surface area contributed by atoms with Gasteiger partial charge in [-0.3, -0.25) is 4.79 Å². The molecule has 0 spiro atoms. The van der Waals surface area contributed by atoms with Gasteiger partial charge in [-0.05, 0) is 86.0 Å². The van der Waals surface area contributed by atoms with Crippen LogP contribution in [0.4, 0.5) is 5.69 Å². The van der Waals surface area contributed by atoms with E-state index in [4.69, 9.17) is 5.21 Å². The molecule has 156 valence electrons. The summed E-state index contributed by atoms with van der Waals surface area (Å²) < 4.78 is 0. The molecule has 4 fully saturated rings. The van der Waals surface area contributed by atoms with Crippen LogP contribution in [0, 0.1) is 23.7 Å². The van der Waals surface area contributed by atoms with Crippen LogP contribution in [0.15, 0.2) is 59.8 Å². The van der Waals surface area contributed by atoms with Crippen molar-refractivity contribution in [2.24, 2.45) is 28.8 Å². The van der Waals surface area contributed by atoms with Crippen LogP contribution in [-0.2, 0) is 10.2 Å². The van der Waals surface area contributed by atoms with Crippen LogP contribution in [0.25, 0.3) is 0 Å². The maximum absolute atomic E-state index is 13.3. The van der Waals surface area contributed by atoms with E-state index in [1.807, 2.05) is 24.3 Å². The number of amides is 1. The number of anilines is 1. The third kappa shape index (κ3) is 3.23. The van der Waals surface area contributed by atoms with Gasteiger partial charge in [0, 0.05) is 17.5 Å². The molecule has 4 aliphatic carbocycles. The first-order valence-corrected chi connectivity index (χ1v) is 11.2. The first-order valence-electron chi connectivity index (χ1n) is 11.2. The Hall–Kier alpha value is -2.62. The van der Waals surface area contributed by atoms with Crippen molar-refractivity contribution in [2.75, 3.05) is 5.32 Å². The molecule has 2 aromatic carbocycles. The van der Waals surface area contributed by atoms with Crippen LogP contribution in [0.5, 0.6) is 0 Å². The van der Waals surface area contributed by atoms with Gasteiger partial charge in [-0.25, -0.2) is 0 Å². The molecule has 0 heterocycles. The Kier molecular flexibility index (Phi) is 4.88. The van der Waals surface area contributed by atoms with Gasteiger partial charge in [0.15, 0.2) is 0 Å². The Balaban J connectivity index is 1.40. The number of carbonyl (C=O) groups is 1. The number of nitrogens with zero attached hydrogens (tertiary/aromatic N) is 1. The zero-order valence-electron chi connectivity index (χ0n) is 17.6. The highest BCUT2D eigenvalue weighted by Crippen LogP contribution is 2.64. The highest BCUT2D eigenvalue weighted by Gasteiger charge is 2.58. The topological polar surface area (TPSA) is 61.7 Å². The van der Waals surface area contributed by atoms with E-state index in [1.54, 1.807) is 6.92 Å². The Bertz CT molecular complexity index is 921. The number of hydrogen-bond acceptors (Lipinski definition) is 3. The molecule has 2 N–H and O–H groups in total. The number of oxime groups is 1. The van der Waals surface area contributed by atoms with Crippen LogP contribution in [-0.4, -0.2) is 16.8 Å². The van der Waals surface area contributed by atoms with Crippen LogP contribution in [0.3, 0.4) is 0 Å². The summed E-state index contributed by atoms with van der Waals surface area (Å²) in [6, 6.07) is 18.4. The van der Waals surface area contributed by atoms with Gasteiger partial charge in [0.2, 0.25) is 5.91 Å². The SMILES string of the molecule is C/C(=N\O)c1ccc(NC(=O)CC2(c3ccccc3)C3CC4CC(C3)CC2C4)cc1. The van der Waals surface area contributed by atoms with E-state index in [9.17, 15) is 4.79 Å². The van der Waals surface area contributed by atoms with Gasteiger partial charge in [0.1, 0.15) is 0 Å². The zero-order chi connectivity index (χ0) is 20.7. The molecule has 2 aromatic rings. The van der Waals surface area contributed by atoms with E-state index < -0.39 is 0 Å². The molecule has 1 amide bonds. The quantitative estimate of drug-likeness (QED) is 0.388. The van der Waals surface area contributed by atoms with E-state index in [0.717, 1.165) is 23.1 Å². The molecule has 4 bridgehead atoms. The summed E-state index contributed by atoms with van der Waals surface area (Å²) in [5.41, 5.74) is 3.53. The molecule has 4 heteroatoms. The minimum absolute atomic E-state index is 0.0289. The summed E-state index contributed by atoms with van der Waals surface area (Å²) in [7, 11) is 0. The molecule has 0 saturated heterocycles. The highest BCUT2D eigenvalue weighted by atomic mass is 16.4. The van der Waals surface area contributed by atoms with Crippen molar-refractivity contribution in [1.82, 2.24) is 0 Å². The second-order valence-electron chi connectivity index (χ2n) is 9.70. The lowest BCUT2D eigenvalue weighted by Gasteiger charge is -2.61. The predicted octanol–water partition coefficient (Wildman–Crippen LogP) is 5.61. The summed E-state index contributed by atoms with van der Waals surface area (Å²) >= 11 is 0. The average Bonchev–Trinajstić information content (AvgIpc) is 2.76.